The number of amides is 3. The highest BCUT2D eigenvalue weighted by Crippen LogP contribution is 2.19. The number of urea groups is 1. The normalized spacial score (nSPS) is 12.6. The summed E-state index contributed by atoms with van der Waals surface area (Å²) in [6.07, 6.45) is -3.82. The fourth-order valence-electron chi connectivity index (χ4n) is 1.80. The number of imide groups is 1. The molecular formula is C14H17BrF3N3O2. The number of hydrogen-bond acceptors (Lipinski definition) is 3. The Balaban J connectivity index is 2.41. The monoisotopic (exact) mass is 395 g/mol. The predicted molar refractivity (Wildman–Crippen MR) is 82.8 cm³/mol. The molecule has 0 bridgehead atoms. The minimum atomic E-state index is -4.52. The molecule has 128 valence electrons. The predicted octanol–water partition coefficient (Wildman–Crippen LogP) is 2.88. The van der Waals surface area contributed by atoms with Crippen molar-refractivity contribution in [2.75, 3.05) is 13.1 Å². The minimum Gasteiger partial charge on any atom is -0.329 e. The fraction of sp³-hybridized carbons (Fsp3) is 0.429. The van der Waals surface area contributed by atoms with Crippen LogP contribution in [-0.2, 0) is 4.79 Å². The van der Waals surface area contributed by atoms with Gasteiger partial charge in [-0.25, -0.2) is 4.79 Å². The summed E-state index contributed by atoms with van der Waals surface area (Å²) in [5.74, 6) is -0.708. The van der Waals surface area contributed by atoms with Crippen LogP contribution in [0.5, 0.6) is 0 Å². The second-order valence-corrected chi connectivity index (χ2v) is 5.65. The second-order valence-electron chi connectivity index (χ2n) is 4.74. The Kier molecular flexibility index (Phi) is 7.50. The van der Waals surface area contributed by atoms with E-state index in [1.165, 1.54) is 0 Å². The molecule has 1 rings (SSSR count). The van der Waals surface area contributed by atoms with E-state index >= 15 is 0 Å². The molecule has 0 aromatic heterocycles. The average Bonchev–Trinajstić information content (AvgIpc) is 2.47. The van der Waals surface area contributed by atoms with Crippen LogP contribution in [-0.4, -0.2) is 31.2 Å². The summed E-state index contributed by atoms with van der Waals surface area (Å²) in [5.41, 5.74) is 0.963. The van der Waals surface area contributed by atoms with Gasteiger partial charge in [-0.3, -0.25) is 10.1 Å². The Morgan fingerprint density at radius 3 is 2.35 bits per heavy atom. The van der Waals surface area contributed by atoms with Crippen molar-refractivity contribution >= 4 is 27.9 Å². The second kappa shape index (κ2) is 8.88. The number of halogens is 4. The van der Waals surface area contributed by atoms with Crippen LogP contribution in [0.15, 0.2) is 28.7 Å². The summed E-state index contributed by atoms with van der Waals surface area (Å²) in [5, 5.41) is 6.35. The van der Waals surface area contributed by atoms with Crippen molar-refractivity contribution in [3.8, 4) is 0 Å². The topological polar surface area (TPSA) is 70.2 Å². The molecule has 5 nitrogen and oxygen atoms in total. The lowest BCUT2D eigenvalue weighted by molar-refractivity contribution is -0.124. The molecule has 0 spiro atoms. The van der Waals surface area contributed by atoms with Crippen LogP contribution < -0.4 is 16.0 Å². The van der Waals surface area contributed by atoms with Gasteiger partial charge in [0.05, 0.1) is 6.54 Å². The quantitative estimate of drug-likeness (QED) is 0.693. The Morgan fingerprint density at radius 1 is 1.22 bits per heavy atom. The van der Waals surface area contributed by atoms with E-state index in [0.29, 0.717) is 6.42 Å². The van der Waals surface area contributed by atoms with Crippen molar-refractivity contribution in [3.05, 3.63) is 34.3 Å². The zero-order valence-electron chi connectivity index (χ0n) is 12.3. The van der Waals surface area contributed by atoms with Crippen LogP contribution in [0.25, 0.3) is 0 Å². The van der Waals surface area contributed by atoms with Gasteiger partial charge in [0.2, 0.25) is 5.91 Å². The highest BCUT2D eigenvalue weighted by atomic mass is 79.9. The van der Waals surface area contributed by atoms with Gasteiger partial charge in [-0.15, -0.1) is 0 Å². The van der Waals surface area contributed by atoms with Crippen molar-refractivity contribution < 1.29 is 22.8 Å². The Bertz CT molecular complexity index is 535. The molecule has 0 aliphatic heterocycles. The van der Waals surface area contributed by atoms with E-state index < -0.39 is 24.7 Å². The molecule has 9 heteroatoms. The Labute approximate surface area is 140 Å². The maximum Gasteiger partial charge on any atom is 0.405 e. The fourth-order valence-corrected chi connectivity index (χ4v) is 2.07. The number of carbonyl (C=O) groups excluding carboxylic acids is 2. The van der Waals surface area contributed by atoms with E-state index in [-0.39, 0.29) is 12.6 Å². The number of rotatable bonds is 6. The molecule has 1 atom stereocenters. The largest absolute Gasteiger partial charge is 0.405 e. The van der Waals surface area contributed by atoms with Crippen LogP contribution in [0.3, 0.4) is 0 Å². The first-order valence-electron chi connectivity index (χ1n) is 6.84. The summed E-state index contributed by atoms with van der Waals surface area (Å²) >= 11 is 3.33. The Hall–Kier alpha value is -1.61. The van der Waals surface area contributed by atoms with Gasteiger partial charge in [-0.2, -0.15) is 13.2 Å². The van der Waals surface area contributed by atoms with Gasteiger partial charge in [0.15, 0.2) is 0 Å². The number of nitrogens with one attached hydrogen (secondary N) is 3. The highest BCUT2D eigenvalue weighted by molar-refractivity contribution is 9.10. The van der Waals surface area contributed by atoms with Gasteiger partial charge in [-0.1, -0.05) is 35.0 Å². The van der Waals surface area contributed by atoms with Crippen LogP contribution in [0.4, 0.5) is 18.0 Å². The maximum absolute atomic E-state index is 11.9. The molecule has 0 heterocycles. The summed E-state index contributed by atoms with van der Waals surface area (Å²) in [4.78, 5) is 22.7. The number of carbonyl (C=O) groups is 2. The third-order valence-corrected chi connectivity index (χ3v) is 3.42. The van der Waals surface area contributed by atoms with Crippen molar-refractivity contribution in [2.24, 2.45) is 0 Å². The molecule has 3 N–H and O–H groups in total. The first-order chi connectivity index (χ1) is 10.7. The van der Waals surface area contributed by atoms with Crippen molar-refractivity contribution in [1.29, 1.82) is 0 Å². The first kappa shape index (κ1) is 19.4. The highest BCUT2D eigenvalue weighted by Gasteiger charge is 2.27. The molecule has 0 aliphatic rings. The SMILES string of the molecule is CC[C@@H](NCC(=O)NC(=O)NCC(F)(F)F)c1ccc(Br)cc1. The van der Waals surface area contributed by atoms with E-state index in [4.69, 9.17) is 0 Å². The van der Waals surface area contributed by atoms with Gasteiger partial charge in [0.25, 0.3) is 0 Å². The number of alkyl halides is 3. The van der Waals surface area contributed by atoms with Crippen molar-refractivity contribution in [3.63, 3.8) is 0 Å². The van der Waals surface area contributed by atoms with Crippen LogP contribution in [0.1, 0.15) is 24.9 Å². The Morgan fingerprint density at radius 2 is 1.83 bits per heavy atom. The van der Waals surface area contributed by atoms with Gasteiger partial charge in [0.1, 0.15) is 6.54 Å². The molecule has 3 amide bonds. The van der Waals surface area contributed by atoms with Gasteiger partial charge < -0.3 is 10.6 Å². The average molecular weight is 396 g/mol. The van der Waals surface area contributed by atoms with E-state index in [1.54, 1.807) is 5.32 Å². The number of hydrogen-bond donors (Lipinski definition) is 3. The van der Waals surface area contributed by atoms with Gasteiger partial charge in [-0.05, 0) is 24.1 Å². The smallest absolute Gasteiger partial charge is 0.329 e. The zero-order valence-corrected chi connectivity index (χ0v) is 13.9. The van der Waals surface area contributed by atoms with E-state index in [2.05, 4.69) is 21.2 Å². The van der Waals surface area contributed by atoms with Crippen LogP contribution >= 0.6 is 15.9 Å². The molecular weight excluding hydrogens is 379 g/mol. The lowest BCUT2D eigenvalue weighted by Crippen LogP contribution is -2.46. The lowest BCUT2D eigenvalue weighted by Gasteiger charge is -2.17. The first-order valence-corrected chi connectivity index (χ1v) is 7.64. The van der Waals surface area contributed by atoms with Crippen LogP contribution in [0, 0.1) is 0 Å². The molecule has 1 aromatic carbocycles. The third kappa shape index (κ3) is 7.98. The molecule has 0 saturated heterocycles. The minimum absolute atomic E-state index is 0.105. The van der Waals surface area contributed by atoms with Crippen molar-refractivity contribution in [1.82, 2.24) is 16.0 Å². The van der Waals surface area contributed by atoms with E-state index in [1.807, 2.05) is 36.5 Å². The van der Waals surface area contributed by atoms with Gasteiger partial charge in [0, 0.05) is 10.5 Å². The van der Waals surface area contributed by atoms with E-state index in [9.17, 15) is 22.8 Å². The molecule has 0 radical (unpaired) electrons. The summed E-state index contributed by atoms with van der Waals surface area (Å²) in [7, 11) is 0. The van der Waals surface area contributed by atoms with Crippen molar-refractivity contribution in [2.45, 2.75) is 25.6 Å². The molecule has 0 aliphatic carbocycles. The molecule has 0 unspecified atom stereocenters. The standard InChI is InChI=1S/C14H17BrF3N3O2/c1-2-11(9-3-5-10(15)6-4-9)19-7-12(22)21-13(23)20-8-14(16,17)18/h3-6,11,19H,2,7-8H2,1H3,(H2,20,21,22,23)/t11-/m1/s1. The molecule has 0 saturated carbocycles. The number of benzene rings is 1. The zero-order chi connectivity index (χ0) is 17.5. The molecule has 23 heavy (non-hydrogen) atoms. The van der Waals surface area contributed by atoms with E-state index in [0.717, 1.165) is 10.0 Å². The van der Waals surface area contributed by atoms with Gasteiger partial charge >= 0.3 is 12.2 Å². The molecule has 0 fully saturated rings. The summed E-state index contributed by atoms with van der Waals surface area (Å²) in [6.45, 7) is 0.248. The van der Waals surface area contributed by atoms with Crippen LogP contribution in [0.2, 0.25) is 0 Å². The lowest BCUT2D eigenvalue weighted by atomic mass is 10.0. The summed E-state index contributed by atoms with van der Waals surface area (Å²) < 4.78 is 36.7. The molecule has 1 aromatic rings. The summed E-state index contributed by atoms with van der Waals surface area (Å²) in [6, 6.07) is 6.23. The third-order valence-electron chi connectivity index (χ3n) is 2.89. The maximum atomic E-state index is 11.9.